The van der Waals surface area contributed by atoms with Gasteiger partial charge in [0.1, 0.15) is 5.82 Å². The van der Waals surface area contributed by atoms with Gasteiger partial charge in [-0.3, -0.25) is 5.10 Å². The van der Waals surface area contributed by atoms with Crippen LogP contribution >= 0.6 is 11.8 Å². The highest BCUT2D eigenvalue weighted by Gasteiger charge is 2.09. The minimum Gasteiger partial charge on any atom is -0.392 e. The number of nitrogens with two attached hydrogens (primary N) is 1. The number of hydrogen-bond donors (Lipinski definition) is 3. The van der Waals surface area contributed by atoms with Crippen molar-refractivity contribution in [3.05, 3.63) is 11.8 Å². The minimum atomic E-state index is -0.332. The Kier molecular flexibility index (Phi) is 17.5. The van der Waals surface area contributed by atoms with Crippen LogP contribution in [0.15, 0.2) is 6.20 Å². The Labute approximate surface area is 184 Å². The Morgan fingerprint density at radius 3 is 1.79 bits per heavy atom. The fraction of sp³-hybridized carbons (Fsp3) is 0.875. The Morgan fingerprint density at radius 2 is 1.34 bits per heavy atom. The monoisotopic (exact) mass is 425 g/mol. The third-order valence-electron chi connectivity index (χ3n) is 5.66. The number of aromatic nitrogens is 2. The first kappa shape index (κ1) is 26.4. The zero-order valence-corrected chi connectivity index (χ0v) is 19.8. The number of anilines is 1. The third-order valence-corrected chi connectivity index (χ3v) is 6.86. The maximum Gasteiger partial charge on any atom is 0.122 e. The lowest BCUT2D eigenvalue weighted by Gasteiger charge is -2.09. The predicted octanol–water partition coefficient (Wildman–Crippen LogP) is 6.89. The highest BCUT2D eigenvalue weighted by molar-refractivity contribution is 7.99. The molecule has 0 aliphatic rings. The lowest BCUT2D eigenvalue weighted by molar-refractivity contribution is 0.200. The number of unbranched alkanes of at least 4 members (excludes halogenated alkanes) is 15. The number of aliphatic hydroxyl groups is 1. The second-order valence-corrected chi connectivity index (χ2v) is 9.69. The highest BCUT2D eigenvalue weighted by Crippen LogP contribution is 2.16. The molecule has 0 aromatic carbocycles. The van der Waals surface area contributed by atoms with Crippen LogP contribution in [0.25, 0.3) is 0 Å². The molecule has 0 aliphatic heterocycles. The van der Waals surface area contributed by atoms with Gasteiger partial charge in [0.2, 0.25) is 0 Å². The Hall–Kier alpha value is -0.680. The SMILES string of the molecule is CCCCCCCCCCCCCCCCCCSCC(O)Cc1cn[nH]c1N. The van der Waals surface area contributed by atoms with E-state index in [1.165, 1.54) is 103 Å². The third kappa shape index (κ3) is 15.8. The number of nitrogen functional groups attached to an aromatic ring is 1. The summed E-state index contributed by atoms with van der Waals surface area (Å²) in [5.41, 5.74) is 6.67. The maximum atomic E-state index is 10.1. The van der Waals surface area contributed by atoms with Gasteiger partial charge in [-0.2, -0.15) is 16.9 Å². The first-order valence-electron chi connectivity index (χ1n) is 12.3. The van der Waals surface area contributed by atoms with Gasteiger partial charge in [0.05, 0.1) is 12.3 Å². The first-order chi connectivity index (χ1) is 14.2. The van der Waals surface area contributed by atoms with Crippen molar-refractivity contribution in [1.82, 2.24) is 10.2 Å². The lowest BCUT2D eigenvalue weighted by atomic mass is 10.0. The van der Waals surface area contributed by atoms with Crippen molar-refractivity contribution in [3.63, 3.8) is 0 Å². The summed E-state index contributed by atoms with van der Waals surface area (Å²) in [5, 5.41) is 16.7. The maximum absolute atomic E-state index is 10.1. The molecule has 5 heteroatoms. The standard InChI is InChI=1S/C24H47N3OS/c1-2-3-4-5-6-7-8-9-10-11-12-13-14-15-16-17-18-29-21-23(28)19-22-20-26-27-24(22)25/h20,23,28H,2-19,21H2,1H3,(H3,25,26,27). The molecule has 1 heterocycles. The summed E-state index contributed by atoms with van der Waals surface area (Å²) in [6.07, 6.45) is 24.5. The number of nitrogens with one attached hydrogen (secondary N) is 1. The molecule has 0 amide bonds. The molecule has 29 heavy (non-hydrogen) atoms. The highest BCUT2D eigenvalue weighted by atomic mass is 32.2. The van der Waals surface area contributed by atoms with E-state index in [1.807, 2.05) is 11.8 Å². The molecule has 1 rings (SSSR count). The number of aromatic amines is 1. The first-order valence-corrected chi connectivity index (χ1v) is 13.4. The van der Waals surface area contributed by atoms with E-state index in [0.29, 0.717) is 12.2 Å². The van der Waals surface area contributed by atoms with Crippen LogP contribution in [0, 0.1) is 0 Å². The minimum absolute atomic E-state index is 0.332. The van der Waals surface area contributed by atoms with Gasteiger partial charge in [-0.15, -0.1) is 0 Å². The lowest BCUT2D eigenvalue weighted by Crippen LogP contribution is -2.14. The van der Waals surface area contributed by atoms with Crippen LogP contribution in [-0.4, -0.2) is 32.9 Å². The van der Waals surface area contributed by atoms with E-state index in [9.17, 15) is 5.11 Å². The van der Waals surface area contributed by atoms with Gasteiger partial charge < -0.3 is 10.8 Å². The fourth-order valence-corrected chi connectivity index (χ4v) is 4.73. The molecule has 0 radical (unpaired) electrons. The molecular weight excluding hydrogens is 378 g/mol. The van der Waals surface area contributed by atoms with Crippen LogP contribution in [0.1, 0.15) is 115 Å². The molecule has 4 nitrogen and oxygen atoms in total. The van der Waals surface area contributed by atoms with E-state index >= 15 is 0 Å². The van der Waals surface area contributed by atoms with Crippen LogP contribution in [0.4, 0.5) is 5.82 Å². The van der Waals surface area contributed by atoms with E-state index in [1.54, 1.807) is 6.20 Å². The largest absolute Gasteiger partial charge is 0.392 e. The molecule has 0 spiro atoms. The van der Waals surface area contributed by atoms with Crippen molar-refractivity contribution >= 4 is 17.6 Å². The molecule has 0 saturated carbocycles. The summed E-state index contributed by atoms with van der Waals surface area (Å²) in [4.78, 5) is 0. The summed E-state index contributed by atoms with van der Waals surface area (Å²) in [6.45, 7) is 2.29. The van der Waals surface area contributed by atoms with E-state index in [-0.39, 0.29) is 6.10 Å². The zero-order valence-electron chi connectivity index (χ0n) is 19.0. The van der Waals surface area contributed by atoms with Crippen LogP contribution in [0.3, 0.4) is 0 Å². The second-order valence-electron chi connectivity index (χ2n) is 8.55. The number of nitrogens with zero attached hydrogens (tertiary/aromatic N) is 1. The number of thioether (sulfide) groups is 1. The summed E-state index contributed by atoms with van der Waals surface area (Å²) in [5.74, 6) is 2.51. The van der Waals surface area contributed by atoms with Gasteiger partial charge in [-0.1, -0.05) is 103 Å². The van der Waals surface area contributed by atoms with E-state index < -0.39 is 0 Å². The van der Waals surface area contributed by atoms with E-state index in [0.717, 1.165) is 17.1 Å². The van der Waals surface area contributed by atoms with E-state index in [4.69, 9.17) is 5.73 Å². The summed E-state index contributed by atoms with van der Waals surface area (Å²) < 4.78 is 0. The van der Waals surface area contributed by atoms with Crippen LogP contribution < -0.4 is 5.73 Å². The molecule has 1 aromatic heterocycles. The molecule has 1 aromatic rings. The zero-order chi connectivity index (χ0) is 21.0. The molecule has 1 atom stereocenters. The van der Waals surface area contributed by atoms with Crippen molar-refractivity contribution in [3.8, 4) is 0 Å². The van der Waals surface area contributed by atoms with Gasteiger partial charge in [0.25, 0.3) is 0 Å². The Bertz CT molecular complexity index is 467. The quantitative estimate of drug-likeness (QED) is 0.187. The number of hydrogen-bond acceptors (Lipinski definition) is 4. The van der Waals surface area contributed by atoms with Crippen molar-refractivity contribution in [2.45, 2.75) is 122 Å². The molecule has 0 bridgehead atoms. The Balaban J connectivity index is 1.73. The average Bonchev–Trinajstić information content (AvgIpc) is 3.11. The van der Waals surface area contributed by atoms with Gasteiger partial charge in [-0.05, 0) is 12.2 Å². The number of H-pyrrole nitrogens is 1. The predicted molar refractivity (Wildman–Crippen MR) is 130 cm³/mol. The normalized spacial score (nSPS) is 12.5. The Morgan fingerprint density at radius 1 is 0.862 bits per heavy atom. The molecule has 0 aliphatic carbocycles. The molecule has 4 N–H and O–H groups in total. The van der Waals surface area contributed by atoms with Gasteiger partial charge in [0, 0.05) is 17.7 Å². The van der Waals surface area contributed by atoms with Crippen LogP contribution in [0.5, 0.6) is 0 Å². The van der Waals surface area contributed by atoms with Gasteiger partial charge in [0.15, 0.2) is 0 Å². The average molecular weight is 426 g/mol. The van der Waals surface area contributed by atoms with Crippen molar-refractivity contribution in [2.24, 2.45) is 0 Å². The fourth-order valence-electron chi connectivity index (χ4n) is 3.77. The molecule has 0 saturated heterocycles. The van der Waals surface area contributed by atoms with E-state index in [2.05, 4.69) is 17.1 Å². The number of aliphatic hydroxyl groups excluding tert-OH is 1. The van der Waals surface area contributed by atoms with Gasteiger partial charge >= 0.3 is 0 Å². The van der Waals surface area contributed by atoms with Crippen molar-refractivity contribution < 1.29 is 5.11 Å². The molecule has 170 valence electrons. The van der Waals surface area contributed by atoms with Crippen molar-refractivity contribution in [2.75, 3.05) is 17.2 Å². The molecular formula is C24H47N3OS. The molecule has 1 unspecified atom stereocenters. The van der Waals surface area contributed by atoms with Crippen molar-refractivity contribution in [1.29, 1.82) is 0 Å². The number of rotatable bonds is 21. The summed E-state index contributed by atoms with van der Waals surface area (Å²) >= 11 is 1.85. The smallest absolute Gasteiger partial charge is 0.122 e. The summed E-state index contributed by atoms with van der Waals surface area (Å²) in [7, 11) is 0. The molecule has 0 fully saturated rings. The van der Waals surface area contributed by atoms with Crippen LogP contribution in [-0.2, 0) is 6.42 Å². The second kappa shape index (κ2) is 19.3. The van der Waals surface area contributed by atoms with Crippen LogP contribution in [0.2, 0.25) is 0 Å². The summed E-state index contributed by atoms with van der Waals surface area (Å²) in [6, 6.07) is 0. The van der Waals surface area contributed by atoms with Gasteiger partial charge in [-0.25, -0.2) is 0 Å². The topological polar surface area (TPSA) is 74.9 Å².